The van der Waals surface area contributed by atoms with Crippen LogP contribution in [-0.2, 0) is 6.18 Å². The molecule has 1 aliphatic carbocycles. The fourth-order valence-electron chi connectivity index (χ4n) is 4.55. The van der Waals surface area contributed by atoms with Gasteiger partial charge in [0.15, 0.2) is 0 Å². The van der Waals surface area contributed by atoms with Crippen molar-refractivity contribution < 1.29 is 13.2 Å². The predicted molar refractivity (Wildman–Crippen MR) is 136 cm³/mol. The Labute approximate surface area is 208 Å². The molecule has 1 saturated heterocycles. The second-order valence-corrected chi connectivity index (χ2v) is 10.1. The molecular weight excluding hydrogens is 469 g/mol. The highest BCUT2D eigenvalue weighted by atomic mass is 19.4. The molecular formula is C25H33F3N8. The first kappa shape index (κ1) is 25.9. The molecule has 2 fully saturated rings. The Balaban J connectivity index is 1.59. The standard InChI is InChI=1S/C25H33F3N8/c1-24(2)13-31-8-6-20(24)36-23(30)22-17(15-3-4-15)11-32-12-19(22)35-14-34-18(5-7-29)16-9-21(33-10-16)25(26,27)28/h7,9-12,15,20,29,31,33,35H,3-6,8,13-14H2,1-2H3,(H2,30,36). The van der Waals surface area contributed by atoms with Crippen LogP contribution in [0, 0.1) is 10.8 Å². The average Bonchev–Trinajstić information content (AvgIpc) is 3.54. The number of aromatic amines is 1. The third-order valence-corrected chi connectivity index (χ3v) is 6.78. The number of nitrogens with one attached hydrogen (secondary N) is 4. The van der Waals surface area contributed by atoms with Gasteiger partial charge in [0.25, 0.3) is 0 Å². The van der Waals surface area contributed by atoms with E-state index in [0.717, 1.165) is 55.8 Å². The molecule has 0 amide bonds. The summed E-state index contributed by atoms with van der Waals surface area (Å²) in [5, 5.41) is 14.1. The van der Waals surface area contributed by atoms with E-state index in [1.807, 2.05) is 6.20 Å². The molecule has 1 atom stereocenters. The van der Waals surface area contributed by atoms with Crippen LogP contribution in [0.5, 0.6) is 0 Å². The van der Waals surface area contributed by atoms with Gasteiger partial charge in [0, 0.05) is 42.7 Å². The normalized spacial score (nSPS) is 20.9. The first-order valence-electron chi connectivity index (χ1n) is 12.1. The van der Waals surface area contributed by atoms with Gasteiger partial charge in [-0.2, -0.15) is 13.2 Å². The number of nitrogens with zero attached hydrogens (tertiary/aromatic N) is 3. The van der Waals surface area contributed by atoms with Crippen molar-refractivity contribution in [2.45, 2.75) is 57.7 Å². The number of halogens is 3. The maximum absolute atomic E-state index is 13.0. The number of H-pyrrole nitrogens is 1. The fourth-order valence-corrected chi connectivity index (χ4v) is 4.55. The maximum atomic E-state index is 13.0. The fraction of sp³-hybridized carbons (Fsp3) is 0.520. The van der Waals surface area contributed by atoms with E-state index in [9.17, 15) is 13.2 Å². The third kappa shape index (κ3) is 5.95. The van der Waals surface area contributed by atoms with E-state index in [-0.39, 0.29) is 24.5 Å². The van der Waals surface area contributed by atoms with Crippen LogP contribution in [0.25, 0.3) is 0 Å². The zero-order valence-electron chi connectivity index (χ0n) is 20.5. The van der Waals surface area contributed by atoms with Crippen molar-refractivity contribution in [3.8, 4) is 0 Å². The Morgan fingerprint density at radius 3 is 2.72 bits per heavy atom. The first-order valence-corrected chi connectivity index (χ1v) is 12.1. The number of piperidine rings is 1. The lowest BCUT2D eigenvalue weighted by Crippen LogP contribution is -2.46. The molecule has 1 saturated carbocycles. The van der Waals surface area contributed by atoms with Crippen molar-refractivity contribution in [2.75, 3.05) is 25.1 Å². The lowest BCUT2D eigenvalue weighted by molar-refractivity contribution is -0.140. The van der Waals surface area contributed by atoms with Gasteiger partial charge in [0.1, 0.15) is 18.2 Å². The average molecular weight is 503 g/mol. The number of alkyl halides is 3. The molecule has 0 bridgehead atoms. The summed E-state index contributed by atoms with van der Waals surface area (Å²) in [6, 6.07) is 1.09. The van der Waals surface area contributed by atoms with E-state index in [2.05, 4.69) is 39.4 Å². The summed E-state index contributed by atoms with van der Waals surface area (Å²) in [6.07, 6.45) is 4.57. The highest BCUT2D eigenvalue weighted by Crippen LogP contribution is 2.43. The van der Waals surface area contributed by atoms with Gasteiger partial charge in [-0.15, -0.1) is 0 Å². The summed E-state index contributed by atoms with van der Waals surface area (Å²) in [4.78, 5) is 16.0. The highest BCUT2D eigenvalue weighted by Gasteiger charge is 2.34. The summed E-state index contributed by atoms with van der Waals surface area (Å²) in [5.74, 6) is 0.854. The number of hydrogen-bond acceptors (Lipinski definition) is 6. The number of anilines is 1. The number of amidine groups is 1. The number of hydrogen-bond donors (Lipinski definition) is 5. The molecule has 4 rings (SSSR count). The van der Waals surface area contributed by atoms with E-state index < -0.39 is 11.9 Å². The van der Waals surface area contributed by atoms with Crippen molar-refractivity contribution in [1.82, 2.24) is 15.3 Å². The number of nitrogens with two attached hydrogens (primary N) is 1. The third-order valence-electron chi connectivity index (χ3n) is 6.78. The van der Waals surface area contributed by atoms with Crippen molar-refractivity contribution in [3.63, 3.8) is 0 Å². The summed E-state index contributed by atoms with van der Waals surface area (Å²) >= 11 is 0. The Morgan fingerprint density at radius 2 is 2.08 bits per heavy atom. The first-order chi connectivity index (χ1) is 17.1. The van der Waals surface area contributed by atoms with Gasteiger partial charge in [0.05, 0.1) is 23.6 Å². The van der Waals surface area contributed by atoms with Crippen LogP contribution in [0.4, 0.5) is 18.9 Å². The zero-order chi connectivity index (χ0) is 25.9. The molecule has 0 radical (unpaired) electrons. The second-order valence-electron chi connectivity index (χ2n) is 10.1. The van der Waals surface area contributed by atoms with Crippen molar-refractivity contribution in [2.24, 2.45) is 21.1 Å². The van der Waals surface area contributed by atoms with Crippen LogP contribution >= 0.6 is 0 Å². The number of rotatable bonds is 9. The molecule has 2 aliphatic rings. The van der Waals surface area contributed by atoms with Crippen molar-refractivity contribution in [3.05, 3.63) is 47.0 Å². The molecule has 2 aromatic rings. The Morgan fingerprint density at radius 1 is 1.31 bits per heavy atom. The Hall–Kier alpha value is -3.21. The summed E-state index contributed by atoms with van der Waals surface area (Å²) < 4.78 is 39.0. The minimum Gasteiger partial charge on any atom is -0.383 e. The maximum Gasteiger partial charge on any atom is 0.431 e. The van der Waals surface area contributed by atoms with Gasteiger partial charge < -0.3 is 26.8 Å². The van der Waals surface area contributed by atoms with Gasteiger partial charge in [-0.25, -0.2) is 0 Å². The van der Waals surface area contributed by atoms with Crippen LogP contribution in [0.2, 0.25) is 0 Å². The SMILES string of the molecule is CC1(C)CNCCC1N=C(N)c1c(NCN=C(CC=N)c2c[nH]c(C(F)(F)F)c2)cncc1C1CC1. The van der Waals surface area contributed by atoms with Crippen LogP contribution in [0.1, 0.15) is 67.8 Å². The molecule has 0 spiro atoms. The number of pyridine rings is 1. The van der Waals surface area contributed by atoms with E-state index in [0.29, 0.717) is 28.7 Å². The molecule has 2 aromatic heterocycles. The van der Waals surface area contributed by atoms with Gasteiger partial charge in [-0.1, -0.05) is 13.8 Å². The lowest BCUT2D eigenvalue weighted by atomic mass is 9.80. The number of aromatic nitrogens is 2. The molecule has 3 heterocycles. The van der Waals surface area contributed by atoms with E-state index in [4.69, 9.17) is 16.1 Å². The zero-order valence-corrected chi connectivity index (χ0v) is 20.5. The Bertz CT molecular complexity index is 1140. The topological polar surface area (TPSA) is 127 Å². The van der Waals surface area contributed by atoms with Crippen LogP contribution in [0.3, 0.4) is 0 Å². The largest absolute Gasteiger partial charge is 0.431 e. The van der Waals surface area contributed by atoms with Crippen molar-refractivity contribution in [1.29, 1.82) is 5.41 Å². The van der Waals surface area contributed by atoms with Crippen molar-refractivity contribution >= 4 is 23.4 Å². The summed E-state index contributed by atoms with van der Waals surface area (Å²) in [5.41, 5.74) is 8.97. The number of aliphatic imine (C=N–C) groups is 2. The molecule has 6 N–H and O–H groups in total. The highest BCUT2D eigenvalue weighted by molar-refractivity contribution is 6.07. The minimum absolute atomic E-state index is 0.0268. The molecule has 1 aliphatic heterocycles. The van der Waals surface area contributed by atoms with Gasteiger partial charge in [-0.3, -0.25) is 15.0 Å². The Kier molecular flexibility index (Phi) is 7.49. The molecule has 11 heteroatoms. The smallest absolute Gasteiger partial charge is 0.383 e. The summed E-state index contributed by atoms with van der Waals surface area (Å²) in [6.45, 7) is 6.20. The monoisotopic (exact) mass is 502 g/mol. The second kappa shape index (κ2) is 10.4. The van der Waals surface area contributed by atoms with Gasteiger partial charge >= 0.3 is 6.18 Å². The molecule has 194 valence electrons. The van der Waals surface area contributed by atoms with E-state index in [1.165, 1.54) is 6.20 Å². The summed E-state index contributed by atoms with van der Waals surface area (Å²) in [7, 11) is 0. The molecule has 1 unspecified atom stereocenters. The quantitative estimate of drug-likeness (QED) is 0.259. The predicted octanol–water partition coefficient (Wildman–Crippen LogP) is 4.30. The van der Waals surface area contributed by atoms with Crippen LogP contribution in [0.15, 0.2) is 34.6 Å². The van der Waals surface area contributed by atoms with Gasteiger partial charge in [0.2, 0.25) is 0 Å². The molecule has 8 nitrogen and oxygen atoms in total. The van der Waals surface area contributed by atoms with Crippen LogP contribution < -0.4 is 16.4 Å². The van der Waals surface area contributed by atoms with Gasteiger partial charge in [-0.05, 0) is 48.8 Å². The molecule has 0 aromatic carbocycles. The lowest BCUT2D eigenvalue weighted by Gasteiger charge is -2.36. The minimum atomic E-state index is -4.48. The van der Waals surface area contributed by atoms with E-state index in [1.54, 1.807) is 6.20 Å². The van der Waals surface area contributed by atoms with E-state index >= 15 is 0 Å². The van der Waals surface area contributed by atoms with Crippen LogP contribution in [-0.4, -0.2) is 53.5 Å². The molecule has 36 heavy (non-hydrogen) atoms.